The lowest BCUT2D eigenvalue weighted by molar-refractivity contribution is 0.550. The molecule has 1 aliphatic rings. The molecule has 0 bridgehead atoms. The average molecular weight is 324 g/mol. The van der Waals surface area contributed by atoms with Crippen molar-refractivity contribution in [2.45, 2.75) is 36.2 Å². The van der Waals surface area contributed by atoms with E-state index in [-0.39, 0.29) is 10.5 Å². The molecule has 6 heteroatoms. The highest BCUT2D eigenvalue weighted by atomic mass is 32.2. The molecule has 1 N–H and O–H groups in total. The Balaban J connectivity index is 2.04. The second-order valence-corrected chi connectivity index (χ2v) is 8.52. The van der Waals surface area contributed by atoms with Gasteiger partial charge >= 0.3 is 0 Å². The van der Waals surface area contributed by atoms with Gasteiger partial charge in [-0.05, 0) is 30.7 Å². The standard InChI is InChI=1S/C15H20N2O2S2/c1-20-15(8-4-5-9-15)12-17-21(18,19)11-14-7-3-2-6-13(14)10-16/h2-3,6-7,17H,4-5,8-9,11-12H2,1H3. The number of hydrogen-bond acceptors (Lipinski definition) is 4. The summed E-state index contributed by atoms with van der Waals surface area (Å²) in [4.78, 5) is 0. The average Bonchev–Trinajstić information content (AvgIpc) is 2.95. The molecule has 1 fully saturated rings. The Hall–Kier alpha value is -1.03. The van der Waals surface area contributed by atoms with E-state index in [0.29, 0.717) is 17.7 Å². The Morgan fingerprint density at radius 3 is 2.62 bits per heavy atom. The third kappa shape index (κ3) is 4.22. The van der Waals surface area contributed by atoms with Gasteiger partial charge < -0.3 is 0 Å². The van der Waals surface area contributed by atoms with Crippen LogP contribution in [0.3, 0.4) is 0 Å². The number of rotatable bonds is 6. The normalized spacial score (nSPS) is 17.5. The Morgan fingerprint density at radius 1 is 1.33 bits per heavy atom. The van der Waals surface area contributed by atoms with Gasteiger partial charge in [0, 0.05) is 11.3 Å². The molecule has 0 radical (unpaired) electrons. The summed E-state index contributed by atoms with van der Waals surface area (Å²) in [6.07, 6.45) is 6.50. The molecule has 1 aliphatic carbocycles. The van der Waals surface area contributed by atoms with Crippen molar-refractivity contribution < 1.29 is 8.42 Å². The summed E-state index contributed by atoms with van der Waals surface area (Å²) in [6.45, 7) is 0.477. The first-order valence-corrected chi connectivity index (χ1v) is 9.88. The van der Waals surface area contributed by atoms with Gasteiger partial charge in [-0.15, -0.1) is 0 Å². The van der Waals surface area contributed by atoms with E-state index in [1.54, 1.807) is 36.0 Å². The highest BCUT2D eigenvalue weighted by Crippen LogP contribution is 2.39. The highest BCUT2D eigenvalue weighted by molar-refractivity contribution is 8.00. The van der Waals surface area contributed by atoms with Crippen molar-refractivity contribution in [3.05, 3.63) is 35.4 Å². The van der Waals surface area contributed by atoms with Crippen LogP contribution in [0, 0.1) is 11.3 Å². The molecular formula is C15H20N2O2S2. The Bertz CT molecular complexity index is 629. The third-order valence-electron chi connectivity index (χ3n) is 4.05. The van der Waals surface area contributed by atoms with Crippen LogP contribution in [0.1, 0.15) is 36.8 Å². The monoisotopic (exact) mass is 324 g/mol. The molecule has 4 nitrogen and oxygen atoms in total. The first-order valence-electron chi connectivity index (χ1n) is 7.01. The second kappa shape index (κ2) is 6.82. The first-order chi connectivity index (χ1) is 10.0. The van der Waals surface area contributed by atoms with Gasteiger partial charge in [-0.3, -0.25) is 0 Å². The number of hydrogen-bond donors (Lipinski definition) is 1. The van der Waals surface area contributed by atoms with E-state index >= 15 is 0 Å². The summed E-state index contributed by atoms with van der Waals surface area (Å²) in [5.74, 6) is -0.138. The van der Waals surface area contributed by atoms with Gasteiger partial charge in [-0.1, -0.05) is 31.0 Å². The summed E-state index contributed by atoms with van der Waals surface area (Å²) in [7, 11) is -3.42. The molecule has 21 heavy (non-hydrogen) atoms. The summed E-state index contributed by atoms with van der Waals surface area (Å²) in [6, 6.07) is 8.87. The maximum Gasteiger partial charge on any atom is 0.215 e. The number of benzene rings is 1. The van der Waals surface area contributed by atoms with E-state index in [4.69, 9.17) is 5.26 Å². The minimum atomic E-state index is -3.42. The van der Waals surface area contributed by atoms with Crippen LogP contribution in [0.5, 0.6) is 0 Å². The molecule has 0 aliphatic heterocycles. The maximum atomic E-state index is 12.3. The molecule has 1 aromatic rings. The molecule has 0 amide bonds. The second-order valence-electron chi connectivity index (χ2n) is 5.44. The molecule has 0 atom stereocenters. The van der Waals surface area contributed by atoms with Gasteiger partial charge in [-0.2, -0.15) is 17.0 Å². The van der Waals surface area contributed by atoms with Crippen LogP contribution in [0.2, 0.25) is 0 Å². The van der Waals surface area contributed by atoms with Crippen LogP contribution in [-0.4, -0.2) is 26.0 Å². The minimum Gasteiger partial charge on any atom is -0.214 e. The smallest absolute Gasteiger partial charge is 0.214 e. The van der Waals surface area contributed by atoms with Gasteiger partial charge in [0.25, 0.3) is 0 Å². The van der Waals surface area contributed by atoms with Crippen molar-refractivity contribution in [1.82, 2.24) is 4.72 Å². The number of nitrogens with one attached hydrogen (secondary N) is 1. The van der Waals surface area contributed by atoms with Crippen molar-refractivity contribution in [3.8, 4) is 6.07 Å². The zero-order chi connectivity index (χ0) is 15.3. The van der Waals surface area contributed by atoms with Crippen LogP contribution in [-0.2, 0) is 15.8 Å². The molecule has 114 valence electrons. The van der Waals surface area contributed by atoms with E-state index < -0.39 is 10.0 Å². The molecule has 0 saturated heterocycles. The van der Waals surface area contributed by atoms with Crippen molar-refractivity contribution in [2.75, 3.05) is 12.8 Å². The van der Waals surface area contributed by atoms with Crippen molar-refractivity contribution in [1.29, 1.82) is 5.26 Å². The Labute approximate surface area is 131 Å². The summed E-state index contributed by atoms with van der Waals surface area (Å²) in [5.41, 5.74) is 0.973. The van der Waals surface area contributed by atoms with E-state index in [1.165, 1.54) is 12.8 Å². The lowest BCUT2D eigenvalue weighted by atomic mass is 10.1. The van der Waals surface area contributed by atoms with E-state index in [2.05, 4.69) is 4.72 Å². The maximum absolute atomic E-state index is 12.3. The number of nitrogens with zero attached hydrogens (tertiary/aromatic N) is 1. The van der Waals surface area contributed by atoms with Gasteiger partial charge in [0.1, 0.15) is 0 Å². The van der Waals surface area contributed by atoms with Gasteiger partial charge in [-0.25, -0.2) is 13.1 Å². The molecule has 0 aromatic heterocycles. The zero-order valence-corrected chi connectivity index (χ0v) is 13.8. The largest absolute Gasteiger partial charge is 0.215 e. The molecule has 0 unspecified atom stereocenters. The summed E-state index contributed by atoms with van der Waals surface area (Å²) in [5, 5.41) is 9.03. The molecule has 0 spiro atoms. The van der Waals surface area contributed by atoms with Crippen LogP contribution in [0.25, 0.3) is 0 Å². The fraction of sp³-hybridized carbons (Fsp3) is 0.533. The lowest BCUT2D eigenvalue weighted by Crippen LogP contribution is -2.39. The zero-order valence-electron chi connectivity index (χ0n) is 12.1. The highest BCUT2D eigenvalue weighted by Gasteiger charge is 2.34. The first kappa shape index (κ1) is 16.3. The number of thioether (sulfide) groups is 1. The SMILES string of the molecule is CSC1(CNS(=O)(=O)Cc2ccccc2C#N)CCCC1. The van der Waals surface area contributed by atoms with Crippen molar-refractivity contribution in [3.63, 3.8) is 0 Å². The molecule has 2 rings (SSSR count). The van der Waals surface area contributed by atoms with Crippen molar-refractivity contribution in [2.24, 2.45) is 0 Å². The molecule has 1 saturated carbocycles. The third-order valence-corrected chi connectivity index (χ3v) is 6.74. The van der Waals surface area contributed by atoms with Crippen LogP contribution in [0.4, 0.5) is 0 Å². The predicted molar refractivity (Wildman–Crippen MR) is 86.5 cm³/mol. The Kier molecular flexibility index (Phi) is 5.31. The fourth-order valence-electron chi connectivity index (χ4n) is 2.72. The van der Waals surface area contributed by atoms with Gasteiger partial charge in [0.05, 0.1) is 17.4 Å². The van der Waals surface area contributed by atoms with Gasteiger partial charge in [0.15, 0.2) is 0 Å². The van der Waals surface area contributed by atoms with E-state index in [0.717, 1.165) is 12.8 Å². The minimum absolute atomic E-state index is 0.0435. The molecule has 0 heterocycles. The number of nitriles is 1. The lowest BCUT2D eigenvalue weighted by Gasteiger charge is -2.26. The van der Waals surface area contributed by atoms with E-state index in [1.807, 2.05) is 12.3 Å². The van der Waals surface area contributed by atoms with Crippen LogP contribution in [0.15, 0.2) is 24.3 Å². The van der Waals surface area contributed by atoms with Crippen LogP contribution < -0.4 is 4.72 Å². The summed E-state index contributed by atoms with van der Waals surface area (Å²) >= 11 is 1.76. The Morgan fingerprint density at radius 2 is 2.00 bits per heavy atom. The van der Waals surface area contributed by atoms with E-state index in [9.17, 15) is 8.42 Å². The molecular weight excluding hydrogens is 304 g/mol. The quantitative estimate of drug-likeness (QED) is 0.873. The molecule has 1 aromatic carbocycles. The van der Waals surface area contributed by atoms with Crippen molar-refractivity contribution >= 4 is 21.8 Å². The summed E-state index contributed by atoms with van der Waals surface area (Å²) < 4.78 is 27.3. The predicted octanol–water partition coefficient (Wildman–Crippen LogP) is 2.65. The topological polar surface area (TPSA) is 70.0 Å². The van der Waals surface area contributed by atoms with Crippen LogP contribution >= 0.6 is 11.8 Å². The number of sulfonamides is 1. The fourth-order valence-corrected chi connectivity index (χ4v) is 4.99. The van der Waals surface area contributed by atoms with Gasteiger partial charge in [0.2, 0.25) is 10.0 Å².